The van der Waals surface area contributed by atoms with Crippen molar-refractivity contribution in [3.05, 3.63) is 52.8 Å². The summed E-state index contributed by atoms with van der Waals surface area (Å²) < 4.78 is 0. The third kappa shape index (κ3) is 2.94. The van der Waals surface area contributed by atoms with Crippen molar-refractivity contribution >= 4 is 35.0 Å². The molecular weight excluding hydrogens is 318 g/mol. The van der Waals surface area contributed by atoms with Gasteiger partial charge in [-0.2, -0.15) is 5.26 Å². The molecule has 0 saturated carbocycles. The summed E-state index contributed by atoms with van der Waals surface area (Å²) in [6, 6.07) is 10.7. The van der Waals surface area contributed by atoms with E-state index in [1.807, 2.05) is 24.3 Å². The van der Waals surface area contributed by atoms with Gasteiger partial charge >= 0.3 is 0 Å². The normalized spacial score (nSPS) is 13.9. The number of hydrogen-bond donors (Lipinski definition) is 0. The molecule has 2 heterocycles. The van der Waals surface area contributed by atoms with Crippen LogP contribution in [-0.4, -0.2) is 23.2 Å². The smallest absolute Gasteiger partial charge is 0.258 e. The van der Waals surface area contributed by atoms with Crippen molar-refractivity contribution < 1.29 is 4.79 Å². The van der Waals surface area contributed by atoms with Crippen molar-refractivity contribution in [1.82, 2.24) is 4.98 Å². The minimum Gasteiger partial charge on any atom is -0.307 e. The van der Waals surface area contributed by atoms with Gasteiger partial charge in [-0.15, -0.1) is 11.8 Å². The lowest BCUT2D eigenvalue weighted by Crippen LogP contribution is -2.32. The van der Waals surface area contributed by atoms with Gasteiger partial charge in [-0.3, -0.25) is 4.79 Å². The summed E-state index contributed by atoms with van der Waals surface area (Å²) in [7, 11) is 0. The molecule has 1 amide bonds. The van der Waals surface area contributed by atoms with Crippen molar-refractivity contribution in [2.75, 3.05) is 17.2 Å². The number of carbonyl (C=O) groups is 1. The molecule has 1 aliphatic rings. The molecule has 0 unspecified atom stereocenters. The van der Waals surface area contributed by atoms with Gasteiger partial charge in [0.15, 0.2) is 0 Å². The standard InChI is InChI=1S/C16H12ClN3OS/c17-12-2-3-15-14(9-12)20(6-1-7-22-15)16(21)11-4-5-19-13(8-11)10-18/h2-5,8-9H,1,6-7H2. The average Bonchev–Trinajstić information content (AvgIpc) is 2.76. The average molecular weight is 330 g/mol. The highest BCUT2D eigenvalue weighted by molar-refractivity contribution is 7.99. The zero-order valence-electron chi connectivity index (χ0n) is 11.6. The molecule has 0 atom stereocenters. The lowest BCUT2D eigenvalue weighted by molar-refractivity contribution is 0.0986. The Morgan fingerprint density at radius 3 is 3.05 bits per heavy atom. The van der Waals surface area contributed by atoms with Crippen LogP contribution in [0.25, 0.3) is 0 Å². The number of thioether (sulfide) groups is 1. The van der Waals surface area contributed by atoms with Crippen LogP contribution in [0.2, 0.25) is 5.02 Å². The SMILES string of the molecule is N#Cc1cc(C(=O)N2CCCSc3ccc(Cl)cc32)ccn1. The Labute approximate surface area is 137 Å². The number of benzene rings is 1. The predicted octanol–water partition coefficient (Wildman–Crippen LogP) is 3.75. The van der Waals surface area contributed by atoms with Gasteiger partial charge in [0, 0.05) is 28.2 Å². The second kappa shape index (κ2) is 6.39. The van der Waals surface area contributed by atoms with E-state index in [0.717, 1.165) is 22.8 Å². The Morgan fingerprint density at radius 2 is 2.23 bits per heavy atom. The number of nitrogens with zero attached hydrogens (tertiary/aromatic N) is 3. The van der Waals surface area contributed by atoms with E-state index in [2.05, 4.69) is 4.98 Å². The van der Waals surface area contributed by atoms with E-state index in [1.165, 1.54) is 12.3 Å². The number of hydrogen-bond acceptors (Lipinski definition) is 4. The van der Waals surface area contributed by atoms with E-state index < -0.39 is 0 Å². The largest absolute Gasteiger partial charge is 0.307 e. The van der Waals surface area contributed by atoms with Gasteiger partial charge in [0.1, 0.15) is 11.8 Å². The lowest BCUT2D eigenvalue weighted by Gasteiger charge is -2.22. The second-order valence-electron chi connectivity index (χ2n) is 4.81. The number of pyridine rings is 1. The Hall–Kier alpha value is -2.03. The van der Waals surface area contributed by atoms with Crippen LogP contribution in [-0.2, 0) is 0 Å². The molecule has 1 aromatic heterocycles. The third-order valence-corrected chi connectivity index (χ3v) is 4.75. The van der Waals surface area contributed by atoms with Crippen LogP contribution in [0.15, 0.2) is 41.4 Å². The summed E-state index contributed by atoms with van der Waals surface area (Å²) in [6.07, 6.45) is 2.39. The molecule has 22 heavy (non-hydrogen) atoms. The summed E-state index contributed by atoms with van der Waals surface area (Å²) in [5, 5.41) is 9.54. The van der Waals surface area contributed by atoms with Crippen LogP contribution in [0, 0.1) is 11.3 Å². The van der Waals surface area contributed by atoms with Crippen LogP contribution in [0.3, 0.4) is 0 Å². The summed E-state index contributed by atoms with van der Waals surface area (Å²) in [6.45, 7) is 0.628. The van der Waals surface area contributed by atoms with Crippen LogP contribution in [0.4, 0.5) is 5.69 Å². The molecule has 0 fully saturated rings. The first-order chi connectivity index (χ1) is 10.7. The Balaban J connectivity index is 2.02. The summed E-state index contributed by atoms with van der Waals surface area (Å²) in [5.74, 6) is 0.822. The van der Waals surface area contributed by atoms with Gasteiger partial charge in [-0.25, -0.2) is 4.98 Å². The molecule has 0 spiro atoms. The second-order valence-corrected chi connectivity index (χ2v) is 6.39. The molecule has 0 N–H and O–H groups in total. The van der Waals surface area contributed by atoms with E-state index in [1.54, 1.807) is 22.7 Å². The molecule has 0 radical (unpaired) electrons. The molecule has 110 valence electrons. The van der Waals surface area contributed by atoms with Crippen molar-refractivity contribution in [2.24, 2.45) is 0 Å². The first kappa shape index (κ1) is 14.9. The predicted molar refractivity (Wildman–Crippen MR) is 87.4 cm³/mol. The van der Waals surface area contributed by atoms with Crippen molar-refractivity contribution in [3.8, 4) is 6.07 Å². The number of rotatable bonds is 1. The highest BCUT2D eigenvalue weighted by Crippen LogP contribution is 2.36. The van der Waals surface area contributed by atoms with E-state index in [4.69, 9.17) is 16.9 Å². The van der Waals surface area contributed by atoms with Crippen molar-refractivity contribution in [2.45, 2.75) is 11.3 Å². The number of nitriles is 1. The molecule has 1 aromatic carbocycles. The number of fused-ring (bicyclic) bond motifs is 1. The molecule has 0 saturated heterocycles. The van der Waals surface area contributed by atoms with E-state index in [-0.39, 0.29) is 11.6 Å². The van der Waals surface area contributed by atoms with Gasteiger partial charge < -0.3 is 4.90 Å². The van der Waals surface area contributed by atoms with Crippen LogP contribution >= 0.6 is 23.4 Å². The quantitative estimate of drug-likeness (QED) is 0.799. The highest BCUT2D eigenvalue weighted by Gasteiger charge is 2.23. The van der Waals surface area contributed by atoms with E-state index in [0.29, 0.717) is 17.1 Å². The van der Waals surface area contributed by atoms with Crippen molar-refractivity contribution in [1.29, 1.82) is 5.26 Å². The molecule has 6 heteroatoms. The fraction of sp³-hybridized carbons (Fsp3) is 0.188. The van der Waals surface area contributed by atoms with Gasteiger partial charge in [-0.05, 0) is 42.5 Å². The minimum absolute atomic E-state index is 0.134. The summed E-state index contributed by atoms with van der Waals surface area (Å²) in [4.78, 5) is 19.5. The maximum atomic E-state index is 12.8. The summed E-state index contributed by atoms with van der Waals surface area (Å²) in [5.41, 5.74) is 1.53. The number of anilines is 1. The fourth-order valence-electron chi connectivity index (χ4n) is 2.34. The van der Waals surface area contributed by atoms with Crippen LogP contribution in [0.5, 0.6) is 0 Å². The Morgan fingerprint density at radius 1 is 1.36 bits per heavy atom. The number of carbonyl (C=O) groups excluding carboxylic acids is 1. The third-order valence-electron chi connectivity index (χ3n) is 3.36. The molecule has 1 aliphatic heterocycles. The molecule has 2 aromatic rings. The van der Waals surface area contributed by atoms with Gasteiger partial charge in [-0.1, -0.05) is 11.6 Å². The Bertz CT molecular complexity index is 772. The monoisotopic (exact) mass is 329 g/mol. The first-order valence-electron chi connectivity index (χ1n) is 6.79. The zero-order valence-corrected chi connectivity index (χ0v) is 13.2. The van der Waals surface area contributed by atoms with Crippen LogP contribution in [0.1, 0.15) is 22.5 Å². The highest BCUT2D eigenvalue weighted by atomic mass is 35.5. The number of aromatic nitrogens is 1. The molecule has 0 aliphatic carbocycles. The van der Waals surface area contributed by atoms with Gasteiger partial charge in [0.25, 0.3) is 5.91 Å². The number of amides is 1. The molecule has 0 bridgehead atoms. The fourth-order valence-corrected chi connectivity index (χ4v) is 3.48. The maximum absolute atomic E-state index is 12.8. The van der Waals surface area contributed by atoms with E-state index in [9.17, 15) is 4.79 Å². The first-order valence-corrected chi connectivity index (χ1v) is 8.16. The Kier molecular flexibility index (Phi) is 4.32. The molecule has 3 rings (SSSR count). The minimum atomic E-state index is -0.134. The zero-order chi connectivity index (χ0) is 15.5. The van der Waals surface area contributed by atoms with E-state index >= 15 is 0 Å². The van der Waals surface area contributed by atoms with Gasteiger partial charge in [0.2, 0.25) is 0 Å². The molecular formula is C16H12ClN3OS. The van der Waals surface area contributed by atoms with Crippen LogP contribution < -0.4 is 4.90 Å². The van der Waals surface area contributed by atoms with Crippen molar-refractivity contribution in [3.63, 3.8) is 0 Å². The maximum Gasteiger partial charge on any atom is 0.258 e. The number of halogens is 1. The topological polar surface area (TPSA) is 57.0 Å². The summed E-state index contributed by atoms with van der Waals surface area (Å²) >= 11 is 7.82. The lowest BCUT2D eigenvalue weighted by atomic mass is 10.1. The van der Waals surface area contributed by atoms with Gasteiger partial charge in [0.05, 0.1) is 5.69 Å². The molecule has 4 nitrogen and oxygen atoms in total.